The zero-order valence-corrected chi connectivity index (χ0v) is 8.51. The normalized spacial score (nSPS) is 11.8. The Morgan fingerprint density at radius 2 is 1.83 bits per heavy atom. The highest BCUT2D eigenvalue weighted by Gasteiger charge is 1.98. The second kappa shape index (κ2) is 13.5. The lowest BCUT2D eigenvalue weighted by Crippen LogP contribution is -2.22. The van der Waals surface area contributed by atoms with Crippen LogP contribution in [0.2, 0.25) is 0 Å². The standard InChI is InChI=1S/C7H17NO2.C2H6/c1-2-4-8-5-3-7(10)6-9;1-2/h7-10H,2-6H2,1H3;1-2H3. The van der Waals surface area contributed by atoms with E-state index < -0.39 is 6.10 Å². The number of aliphatic hydroxyl groups is 2. The Labute approximate surface area is 75.8 Å². The molecular formula is C9H23NO2. The van der Waals surface area contributed by atoms with Gasteiger partial charge in [-0.3, -0.25) is 0 Å². The molecule has 0 spiro atoms. The van der Waals surface area contributed by atoms with Crippen LogP contribution in [0.25, 0.3) is 0 Å². The largest absolute Gasteiger partial charge is 0.394 e. The van der Waals surface area contributed by atoms with E-state index in [0.29, 0.717) is 6.42 Å². The second-order valence-corrected chi connectivity index (χ2v) is 2.38. The Balaban J connectivity index is 0. The fraction of sp³-hybridized carbons (Fsp3) is 1.00. The fourth-order valence-electron chi connectivity index (χ4n) is 0.662. The highest BCUT2D eigenvalue weighted by molar-refractivity contribution is 4.54. The quantitative estimate of drug-likeness (QED) is 0.525. The maximum atomic E-state index is 8.87. The molecule has 3 heteroatoms. The van der Waals surface area contributed by atoms with E-state index in [1.807, 2.05) is 13.8 Å². The molecule has 1 unspecified atom stereocenters. The molecule has 3 N–H and O–H groups in total. The molecule has 0 saturated heterocycles. The van der Waals surface area contributed by atoms with Crippen molar-refractivity contribution in [2.24, 2.45) is 0 Å². The average Bonchev–Trinajstić information content (AvgIpc) is 2.15. The van der Waals surface area contributed by atoms with Gasteiger partial charge in [0.1, 0.15) is 0 Å². The summed E-state index contributed by atoms with van der Waals surface area (Å²) < 4.78 is 0. The number of rotatable bonds is 6. The van der Waals surface area contributed by atoms with Gasteiger partial charge in [-0.15, -0.1) is 0 Å². The molecule has 0 aliphatic rings. The van der Waals surface area contributed by atoms with Gasteiger partial charge in [0.2, 0.25) is 0 Å². The molecule has 0 aromatic rings. The van der Waals surface area contributed by atoms with Gasteiger partial charge in [0, 0.05) is 0 Å². The number of hydrogen-bond acceptors (Lipinski definition) is 3. The molecule has 12 heavy (non-hydrogen) atoms. The van der Waals surface area contributed by atoms with Crippen molar-refractivity contribution in [3.05, 3.63) is 0 Å². The Morgan fingerprint density at radius 1 is 1.25 bits per heavy atom. The Kier molecular flexibility index (Phi) is 16.2. The highest BCUT2D eigenvalue weighted by Crippen LogP contribution is 1.86. The van der Waals surface area contributed by atoms with Crippen LogP contribution in [0.3, 0.4) is 0 Å². The Hall–Kier alpha value is -0.120. The monoisotopic (exact) mass is 177 g/mol. The molecule has 0 saturated carbocycles. The lowest BCUT2D eigenvalue weighted by atomic mass is 10.2. The molecule has 0 aliphatic carbocycles. The van der Waals surface area contributed by atoms with Crippen molar-refractivity contribution < 1.29 is 10.2 Å². The number of nitrogens with one attached hydrogen (secondary N) is 1. The maximum Gasteiger partial charge on any atom is 0.0783 e. The average molecular weight is 177 g/mol. The van der Waals surface area contributed by atoms with Gasteiger partial charge >= 0.3 is 0 Å². The SMILES string of the molecule is CC.CCCNCCC(O)CO. The predicted molar refractivity (Wildman–Crippen MR) is 52.2 cm³/mol. The third kappa shape index (κ3) is 12.5. The van der Waals surface area contributed by atoms with Gasteiger partial charge in [-0.05, 0) is 25.9 Å². The van der Waals surface area contributed by atoms with Crippen molar-refractivity contribution in [3.63, 3.8) is 0 Å². The van der Waals surface area contributed by atoms with Crippen LogP contribution < -0.4 is 5.32 Å². The van der Waals surface area contributed by atoms with Crippen LogP contribution in [0.1, 0.15) is 33.6 Å². The van der Waals surface area contributed by atoms with E-state index in [0.717, 1.165) is 19.5 Å². The van der Waals surface area contributed by atoms with Gasteiger partial charge in [0.25, 0.3) is 0 Å². The van der Waals surface area contributed by atoms with Crippen LogP contribution in [0, 0.1) is 0 Å². The van der Waals surface area contributed by atoms with Gasteiger partial charge in [-0.1, -0.05) is 20.8 Å². The summed E-state index contributed by atoms with van der Waals surface area (Å²) in [4.78, 5) is 0. The Morgan fingerprint density at radius 3 is 2.25 bits per heavy atom. The third-order valence-electron chi connectivity index (χ3n) is 1.29. The van der Waals surface area contributed by atoms with Crippen LogP contribution in [-0.4, -0.2) is 36.0 Å². The van der Waals surface area contributed by atoms with E-state index in [1.165, 1.54) is 0 Å². The van der Waals surface area contributed by atoms with Gasteiger partial charge in [-0.2, -0.15) is 0 Å². The highest BCUT2D eigenvalue weighted by atomic mass is 16.3. The lowest BCUT2D eigenvalue weighted by Gasteiger charge is -2.06. The van der Waals surface area contributed by atoms with Crippen LogP contribution in [0.5, 0.6) is 0 Å². The van der Waals surface area contributed by atoms with Crippen LogP contribution in [0.15, 0.2) is 0 Å². The summed E-state index contributed by atoms with van der Waals surface area (Å²) in [5.74, 6) is 0. The fourth-order valence-corrected chi connectivity index (χ4v) is 0.662. The molecule has 3 nitrogen and oxygen atoms in total. The van der Waals surface area contributed by atoms with E-state index in [4.69, 9.17) is 10.2 Å². The van der Waals surface area contributed by atoms with Gasteiger partial charge in [-0.25, -0.2) is 0 Å². The van der Waals surface area contributed by atoms with Gasteiger partial charge in [0.05, 0.1) is 12.7 Å². The second-order valence-electron chi connectivity index (χ2n) is 2.38. The molecule has 0 amide bonds. The number of aliphatic hydroxyl groups excluding tert-OH is 2. The summed E-state index contributed by atoms with van der Waals surface area (Å²) in [6.07, 6.45) is 1.19. The zero-order valence-electron chi connectivity index (χ0n) is 8.51. The summed E-state index contributed by atoms with van der Waals surface area (Å²) >= 11 is 0. The first-order valence-electron chi connectivity index (χ1n) is 4.81. The zero-order chi connectivity index (χ0) is 9.82. The summed E-state index contributed by atoms with van der Waals surface area (Å²) in [7, 11) is 0. The van der Waals surface area contributed by atoms with Gasteiger partial charge in [0.15, 0.2) is 0 Å². The predicted octanol–water partition coefficient (Wildman–Crippen LogP) is 0.756. The summed E-state index contributed by atoms with van der Waals surface area (Å²) in [6.45, 7) is 7.73. The topological polar surface area (TPSA) is 52.5 Å². The first-order chi connectivity index (χ1) is 5.81. The molecule has 76 valence electrons. The molecule has 0 radical (unpaired) electrons. The van der Waals surface area contributed by atoms with Crippen LogP contribution in [-0.2, 0) is 0 Å². The van der Waals surface area contributed by atoms with Gasteiger partial charge < -0.3 is 15.5 Å². The van der Waals surface area contributed by atoms with Crippen molar-refractivity contribution in [2.45, 2.75) is 39.7 Å². The Bertz CT molecular complexity index is 69.5. The van der Waals surface area contributed by atoms with E-state index in [1.54, 1.807) is 0 Å². The molecule has 0 aromatic carbocycles. The first-order valence-corrected chi connectivity index (χ1v) is 4.81. The van der Waals surface area contributed by atoms with E-state index in [-0.39, 0.29) is 6.61 Å². The van der Waals surface area contributed by atoms with E-state index >= 15 is 0 Å². The summed E-state index contributed by atoms with van der Waals surface area (Å²) in [6, 6.07) is 0. The summed E-state index contributed by atoms with van der Waals surface area (Å²) in [5, 5.41) is 20.4. The maximum absolute atomic E-state index is 8.87. The number of hydrogen-bond donors (Lipinski definition) is 3. The van der Waals surface area contributed by atoms with Crippen molar-refractivity contribution in [1.82, 2.24) is 5.32 Å². The molecule has 0 aliphatic heterocycles. The van der Waals surface area contributed by atoms with Crippen molar-refractivity contribution in [2.75, 3.05) is 19.7 Å². The van der Waals surface area contributed by atoms with Crippen molar-refractivity contribution in [3.8, 4) is 0 Å². The molecular weight excluding hydrogens is 154 g/mol. The molecule has 0 rings (SSSR count). The first kappa shape index (κ1) is 14.4. The van der Waals surface area contributed by atoms with E-state index in [9.17, 15) is 0 Å². The lowest BCUT2D eigenvalue weighted by molar-refractivity contribution is 0.0884. The molecule has 0 fully saturated rings. The van der Waals surface area contributed by atoms with Crippen LogP contribution >= 0.6 is 0 Å². The smallest absolute Gasteiger partial charge is 0.0783 e. The molecule has 0 heterocycles. The van der Waals surface area contributed by atoms with E-state index in [2.05, 4.69) is 12.2 Å². The molecule has 0 bridgehead atoms. The molecule has 0 aromatic heterocycles. The minimum Gasteiger partial charge on any atom is -0.394 e. The third-order valence-corrected chi connectivity index (χ3v) is 1.29. The van der Waals surface area contributed by atoms with Crippen molar-refractivity contribution >= 4 is 0 Å². The van der Waals surface area contributed by atoms with Crippen molar-refractivity contribution in [1.29, 1.82) is 0 Å². The minimum absolute atomic E-state index is 0.131. The summed E-state index contributed by atoms with van der Waals surface area (Å²) in [5.41, 5.74) is 0. The van der Waals surface area contributed by atoms with Crippen LogP contribution in [0.4, 0.5) is 0 Å². The molecule has 1 atom stereocenters. The minimum atomic E-state index is -0.552.